The van der Waals surface area contributed by atoms with E-state index in [9.17, 15) is 0 Å². The van der Waals surface area contributed by atoms with Crippen molar-refractivity contribution in [3.63, 3.8) is 0 Å². The molecule has 1 rings (SSSR count). The van der Waals surface area contributed by atoms with Gasteiger partial charge in [0.2, 0.25) is 5.96 Å². The molecular formula is C9H20N4O. The summed E-state index contributed by atoms with van der Waals surface area (Å²) >= 11 is 0. The molecule has 0 aromatic heterocycles. The van der Waals surface area contributed by atoms with Crippen molar-refractivity contribution in [2.75, 3.05) is 20.3 Å². The summed E-state index contributed by atoms with van der Waals surface area (Å²) in [5, 5.41) is 3.28. The highest BCUT2D eigenvalue weighted by Gasteiger charge is 2.15. The molecule has 5 heteroatoms. The zero-order chi connectivity index (χ0) is 10.2. The Bertz CT molecular complexity index is 178. The van der Waals surface area contributed by atoms with E-state index in [-0.39, 0.29) is 0 Å². The van der Waals surface area contributed by atoms with Crippen molar-refractivity contribution in [2.24, 2.45) is 10.8 Å². The molecule has 0 aromatic carbocycles. The molecular weight excluding hydrogens is 180 g/mol. The van der Waals surface area contributed by atoms with Crippen LogP contribution in [0.5, 0.6) is 0 Å². The molecule has 0 bridgehead atoms. The summed E-state index contributed by atoms with van der Waals surface area (Å²) in [7, 11) is 1.66. The molecule has 0 aliphatic heterocycles. The van der Waals surface area contributed by atoms with Crippen molar-refractivity contribution < 1.29 is 4.74 Å². The number of nitrogens with one attached hydrogen (secondary N) is 2. The topological polar surface area (TPSA) is 71.7 Å². The Balaban J connectivity index is 2.25. The first kappa shape index (κ1) is 11.3. The van der Waals surface area contributed by atoms with Gasteiger partial charge in [-0.1, -0.05) is 12.8 Å². The fraction of sp³-hybridized carbons (Fsp3) is 0.889. The van der Waals surface area contributed by atoms with Crippen molar-refractivity contribution in [3.8, 4) is 0 Å². The lowest BCUT2D eigenvalue weighted by atomic mass is 10.2. The fourth-order valence-electron chi connectivity index (χ4n) is 1.65. The Kier molecular flexibility index (Phi) is 5.32. The van der Waals surface area contributed by atoms with E-state index < -0.39 is 0 Å². The molecule has 82 valence electrons. The number of hydrogen-bond donors (Lipinski definition) is 3. The lowest BCUT2D eigenvalue weighted by Gasteiger charge is -2.14. The molecule has 1 aliphatic rings. The van der Waals surface area contributed by atoms with E-state index in [1.54, 1.807) is 7.11 Å². The van der Waals surface area contributed by atoms with E-state index in [0.717, 1.165) is 0 Å². The van der Waals surface area contributed by atoms with E-state index in [1.807, 2.05) is 0 Å². The molecule has 14 heavy (non-hydrogen) atoms. The quantitative estimate of drug-likeness (QED) is 0.196. The monoisotopic (exact) mass is 200 g/mol. The van der Waals surface area contributed by atoms with Crippen LogP contribution in [0.25, 0.3) is 0 Å². The highest BCUT2D eigenvalue weighted by Crippen LogP contribution is 2.17. The number of hydrazine groups is 1. The van der Waals surface area contributed by atoms with Crippen LogP contribution in [0, 0.1) is 0 Å². The number of rotatable bonds is 4. The first-order valence-corrected chi connectivity index (χ1v) is 5.13. The first-order valence-electron chi connectivity index (χ1n) is 5.13. The molecule has 1 aliphatic carbocycles. The number of methoxy groups -OCH3 is 1. The minimum atomic E-state index is 0.535. The van der Waals surface area contributed by atoms with Crippen LogP contribution < -0.4 is 16.6 Å². The zero-order valence-corrected chi connectivity index (χ0v) is 8.75. The lowest BCUT2D eigenvalue weighted by molar-refractivity contribution is 0.208. The van der Waals surface area contributed by atoms with E-state index >= 15 is 0 Å². The van der Waals surface area contributed by atoms with Crippen LogP contribution in [0.15, 0.2) is 4.99 Å². The Morgan fingerprint density at radius 3 is 2.79 bits per heavy atom. The van der Waals surface area contributed by atoms with Gasteiger partial charge in [0.1, 0.15) is 0 Å². The largest absolute Gasteiger partial charge is 0.383 e. The molecule has 1 fully saturated rings. The Hall–Kier alpha value is -0.810. The van der Waals surface area contributed by atoms with Gasteiger partial charge in [-0.05, 0) is 12.8 Å². The van der Waals surface area contributed by atoms with Gasteiger partial charge in [-0.3, -0.25) is 5.43 Å². The van der Waals surface area contributed by atoms with Crippen LogP contribution in [-0.4, -0.2) is 32.3 Å². The number of aliphatic imine (C=N–C) groups is 1. The second-order valence-corrected chi connectivity index (χ2v) is 3.49. The van der Waals surface area contributed by atoms with E-state index in [0.29, 0.717) is 25.2 Å². The molecule has 5 nitrogen and oxygen atoms in total. The second kappa shape index (κ2) is 6.62. The van der Waals surface area contributed by atoms with Gasteiger partial charge in [0.05, 0.1) is 13.2 Å². The highest BCUT2D eigenvalue weighted by atomic mass is 16.5. The van der Waals surface area contributed by atoms with Gasteiger partial charge in [-0.2, -0.15) is 0 Å². The smallest absolute Gasteiger partial charge is 0.206 e. The molecule has 1 saturated carbocycles. The average Bonchev–Trinajstić information content (AvgIpc) is 2.69. The molecule has 0 aromatic rings. The summed E-state index contributed by atoms with van der Waals surface area (Å²) in [5.74, 6) is 6.02. The summed E-state index contributed by atoms with van der Waals surface area (Å²) in [5.41, 5.74) is 2.57. The zero-order valence-electron chi connectivity index (χ0n) is 8.75. The maximum Gasteiger partial charge on any atom is 0.206 e. The number of hydrogen-bond acceptors (Lipinski definition) is 3. The first-order chi connectivity index (χ1) is 6.86. The third-order valence-electron chi connectivity index (χ3n) is 2.40. The van der Waals surface area contributed by atoms with Gasteiger partial charge in [0.25, 0.3) is 0 Å². The summed E-state index contributed by atoms with van der Waals surface area (Å²) in [4.78, 5) is 4.24. The van der Waals surface area contributed by atoms with Gasteiger partial charge >= 0.3 is 0 Å². The van der Waals surface area contributed by atoms with Crippen molar-refractivity contribution in [3.05, 3.63) is 0 Å². The van der Waals surface area contributed by atoms with Crippen LogP contribution >= 0.6 is 0 Å². The van der Waals surface area contributed by atoms with E-state index in [4.69, 9.17) is 10.6 Å². The standard InChI is InChI=1S/C9H20N4O/c1-14-7-6-11-9(13-10)12-8-4-2-3-5-8/h8H,2-7,10H2,1H3,(H2,11,12,13). The van der Waals surface area contributed by atoms with Crippen molar-refractivity contribution in [1.82, 2.24) is 10.7 Å². The third kappa shape index (κ3) is 3.93. The van der Waals surface area contributed by atoms with Crippen molar-refractivity contribution >= 4 is 5.96 Å². The third-order valence-corrected chi connectivity index (χ3v) is 2.40. The second-order valence-electron chi connectivity index (χ2n) is 3.49. The molecule has 0 atom stereocenters. The van der Waals surface area contributed by atoms with Crippen LogP contribution in [0.3, 0.4) is 0 Å². The van der Waals surface area contributed by atoms with Gasteiger partial charge < -0.3 is 10.1 Å². The van der Waals surface area contributed by atoms with Crippen LogP contribution in [0.1, 0.15) is 25.7 Å². The van der Waals surface area contributed by atoms with E-state index in [2.05, 4.69) is 15.7 Å². The number of ether oxygens (including phenoxy) is 1. The maximum absolute atomic E-state index is 5.35. The molecule has 0 heterocycles. The molecule has 4 N–H and O–H groups in total. The molecule has 0 unspecified atom stereocenters. The summed E-state index contributed by atoms with van der Waals surface area (Å²) in [6, 6.07) is 0.535. The Morgan fingerprint density at radius 2 is 2.21 bits per heavy atom. The average molecular weight is 200 g/mol. The summed E-state index contributed by atoms with van der Waals surface area (Å²) in [6.07, 6.45) is 5.02. The van der Waals surface area contributed by atoms with Gasteiger partial charge in [-0.15, -0.1) is 0 Å². The van der Waals surface area contributed by atoms with Crippen LogP contribution in [0.2, 0.25) is 0 Å². The van der Waals surface area contributed by atoms with E-state index in [1.165, 1.54) is 25.7 Å². The van der Waals surface area contributed by atoms with Gasteiger partial charge in [0.15, 0.2) is 0 Å². The van der Waals surface area contributed by atoms with Crippen LogP contribution in [-0.2, 0) is 4.74 Å². The number of guanidine groups is 1. The normalized spacial score (nSPS) is 18.6. The Labute approximate surface area is 85.1 Å². The predicted molar refractivity (Wildman–Crippen MR) is 56.9 cm³/mol. The van der Waals surface area contributed by atoms with Crippen molar-refractivity contribution in [1.29, 1.82) is 0 Å². The molecule has 0 amide bonds. The predicted octanol–water partition coefficient (Wildman–Crippen LogP) is -0.0157. The molecule has 0 spiro atoms. The highest BCUT2D eigenvalue weighted by molar-refractivity contribution is 5.79. The molecule has 0 radical (unpaired) electrons. The minimum Gasteiger partial charge on any atom is -0.383 e. The Morgan fingerprint density at radius 1 is 1.50 bits per heavy atom. The van der Waals surface area contributed by atoms with Gasteiger partial charge in [-0.25, -0.2) is 10.8 Å². The SMILES string of the molecule is COCCN=C(NN)NC1CCCC1. The number of nitrogens with zero attached hydrogens (tertiary/aromatic N) is 1. The minimum absolute atomic E-state index is 0.535. The van der Waals surface area contributed by atoms with Crippen LogP contribution in [0.4, 0.5) is 0 Å². The van der Waals surface area contributed by atoms with Crippen molar-refractivity contribution in [2.45, 2.75) is 31.7 Å². The summed E-state index contributed by atoms with van der Waals surface area (Å²) < 4.78 is 4.90. The molecule has 0 saturated heterocycles. The van der Waals surface area contributed by atoms with Gasteiger partial charge in [0, 0.05) is 13.2 Å². The lowest BCUT2D eigenvalue weighted by Crippen LogP contribution is -2.45. The summed E-state index contributed by atoms with van der Waals surface area (Å²) in [6.45, 7) is 1.26. The fourth-order valence-corrected chi connectivity index (χ4v) is 1.65. The number of nitrogens with two attached hydrogens (primary N) is 1. The maximum atomic E-state index is 5.35.